The summed E-state index contributed by atoms with van der Waals surface area (Å²) in [6.45, 7) is 5.08. The smallest absolute Gasteiger partial charge is 0.240 e. The minimum atomic E-state index is -3.52. The van der Waals surface area contributed by atoms with Crippen LogP contribution in [0.15, 0.2) is 17.0 Å². The summed E-state index contributed by atoms with van der Waals surface area (Å²) < 4.78 is 32.9. The first-order valence-electron chi connectivity index (χ1n) is 6.85. The Kier molecular flexibility index (Phi) is 4.80. The average molecular weight is 298 g/mol. The van der Waals surface area contributed by atoms with Gasteiger partial charge in [0.05, 0.1) is 11.0 Å². The van der Waals surface area contributed by atoms with Crippen molar-refractivity contribution in [1.82, 2.24) is 4.72 Å². The predicted octanol–water partition coefficient (Wildman–Crippen LogP) is 1.22. The molecular weight excluding hydrogens is 276 g/mol. The SMILES string of the molecule is Cc1cc(CN)cc(S(=O)(=O)NCC2CCCO2)c1C. The number of sulfonamides is 1. The highest BCUT2D eigenvalue weighted by molar-refractivity contribution is 7.89. The molecule has 0 amide bonds. The maximum atomic E-state index is 12.4. The van der Waals surface area contributed by atoms with Crippen molar-refractivity contribution in [3.05, 3.63) is 28.8 Å². The fourth-order valence-electron chi connectivity index (χ4n) is 2.38. The molecule has 1 aliphatic rings. The molecule has 0 aromatic heterocycles. The van der Waals surface area contributed by atoms with E-state index >= 15 is 0 Å². The molecule has 1 aromatic rings. The van der Waals surface area contributed by atoms with E-state index in [-0.39, 0.29) is 6.10 Å². The summed E-state index contributed by atoms with van der Waals surface area (Å²) >= 11 is 0. The lowest BCUT2D eigenvalue weighted by atomic mass is 10.1. The van der Waals surface area contributed by atoms with Crippen molar-refractivity contribution in [2.75, 3.05) is 13.2 Å². The molecule has 3 N–H and O–H groups in total. The fourth-order valence-corrected chi connectivity index (χ4v) is 3.81. The second-order valence-corrected chi connectivity index (χ2v) is 6.96. The number of nitrogens with two attached hydrogens (primary N) is 1. The zero-order valence-corrected chi connectivity index (χ0v) is 12.8. The summed E-state index contributed by atoms with van der Waals surface area (Å²) in [5, 5.41) is 0. The molecule has 1 heterocycles. The van der Waals surface area contributed by atoms with Crippen molar-refractivity contribution >= 4 is 10.0 Å². The molecule has 0 saturated carbocycles. The zero-order chi connectivity index (χ0) is 14.8. The van der Waals surface area contributed by atoms with Gasteiger partial charge in [0.25, 0.3) is 0 Å². The lowest BCUT2D eigenvalue weighted by molar-refractivity contribution is 0.114. The number of aryl methyl sites for hydroxylation is 1. The van der Waals surface area contributed by atoms with E-state index in [0.717, 1.165) is 29.5 Å². The number of hydrogen-bond acceptors (Lipinski definition) is 4. The van der Waals surface area contributed by atoms with Crippen molar-refractivity contribution in [3.8, 4) is 0 Å². The molecule has 1 unspecified atom stereocenters. The fraction of sp³-hybridized carbons (Fsp3) is 0.571. The van der Waals surface area contributed by atoms with Gasteiger partial charge < -0.3 is 10.5 Å². The molecule has 0 bridgehead atoms. The third-order valence-electron chi connectivity index (χ3n) is 3.73. The second kappa shape index (κ2) is 6.22. The van der Waals surface area contributed by atoms with Crippen LogP contribution in [0.5, 0.6) is 0 Å². The summed E-state index contributed by atoms with van der Waals surface area (Å²) in [7, 11) is -3.52. The van der Waals surface area contributed by atoms with Crippen LogP contribution >= 0.6 is 0 Å². The van der Waals surface area contributed by atoms with Crippen LogP contribution in [0.3, 0.4) is 0 Å². The van der Waals surface area contributed by atoms with E-state index < -0.39 is 10.0 Å². The molecule has 112 valence electrons. The van der Waals surface area contributed by atoms with E-state index in [0.29, 0.717) is 24.6 Å². The molecule has 20 heavy (non-hydrogen) atoms. The topological polar surface area (TPSA) is 81.4 Å². The van der Waals surface area contributed by atoms with Crippen molar-refractivity contribution < 1.29 is 13.2 Å². The first-order chi connectivity index (χ1) is 9.44. The van der Waals surface area contributed by atoms with Crippen LogP contribution in [0.25, 0.3) is 0 Å². The van der Waals surface area contributed by atoms with Crippen LogP contribution in [0.1, 0.15) is 29.5 Å². The summed E-state index contributed by atoms with van der Waals surface area (Å²) in [6.07, 6.45) is 1.89. The normalized spacial score (nSPS) is 19.4. The van der Waals surface area contributed by atoms with Gasteiger partial charge in [0.2, 0.25) is 10.0 Å². The number of benzene rings is 1. The third kappa shape index (κ3) is 3.38. The molecule has 0 spiro atoms. The van der Waals surface area contributed by atoms with Gasteiger partial charge in [-0.25, -0.2) is 13.1 Å². The van der Waals surface area contributed by atoms with Gasteiger partial charge >= 0.3 is 0 Å². The van der Waals surface area contributed by atoms with Crippen molar-refractivity contribution in [3.63, 3.8) is 0 Å². The molecule has 1 saturated heterocycles. The second-order valence-electron chi connectivity index (χ2n) is 5.23. The molecule has 6 heteroatoms. The first kappa shape index (κ1) is 15.4. The molecule has 1 aromatic carbocycles. The Morgan fingerprint density at radius 2 is 2.15 bits per heavy atom. The number of hydrogen-bond donors (Lipinski definition) is 2. The molecule has 5 nitrogen and oxygen atoms in total. The maximum absolute atomic E-state index is 12.4. The van der Waals surface area contributed by atoms with Gasteiger partial charge in [-0.3, -0.25) is 0 Å². The monoisotopic (exact) mass is 298 g/mol. The molecular formula is C14H22N2O3S. The zero-order valence-electron chi connectivity index (χ0n) is 12.0. The van der Waals surface area contributed by atoms with Crippen LogP contribution < -0.4 is 10.5 Å². The van der Waals surface area contributed by atoms with Gasteiger partial charge in [-0.1, -0.05) is 6.07 Å². The lowest BCUT2D eigenvalue weighted by Gasteiger charge is -2.15. The molecule has 1 atom stereocenters. The largest absolute Gasteiger partial charge is 0.377 e. The molecule has 1 aliphatic heterocycles. The van der Waals surface area contributed by atoms with E-state index in [2.05, 4.69) is 4.72 Å². The summed E-state index contributed by atoms with van der Waals surface area (Å²) in [5.74, 6) is 0. The molecule has 2 rings (SSSR count). The highest BCUT2D eigenvalue weighted by atomic mass is 32.2. The Bertz CT molecular complexity index is 578. The van der Waals surface area contributed by atoms with Gasteiger partial charge in [-0.05, 0) is 49.4 Å². The van der Waals surface area contributed by atoms with Gasteiger partial charge in [-0.15, -0.1) is 0 Å². The van der Waals surface area contributed by atoms with E-state index in [4.69, 9.17) is 10.5 Å². The van der Waals surface area contributed by atoms with Crippen LogP contribution in [-0.4, -0.2) is 27.7 Å². The Labute approximate surface area is 120 Å². The predicted molar refractivity (Wildman–Crippen MR) is 78.0 cm³/mol. The van der Waals surface area contributed by atoms with Crippen LogP contribution in [0, 0.1) is 13.8 Å². The highest BCUT2D eigenvalue weighted by Crippen LogP contribution is 2.21. The molecule has 0 radical (unpaired) electrons. The quantitative estimate of drug-likeness (QED) is 0.856. The Morgan fingerprint density at radius 3 is 2.75 bits per heavy atom. The highest BCUT2D eigenvalue weighted by Gasteiger charge is 2.22. The maximum Gasteiger partial charge on any atom is 0.240 e. The van der Waals surface area contributed by atoms with Gasteiger partial charge in [-0.2, -0.15) is 0 Å². The Balaban J connectivity index is 2.21. The minimum Gasteiger partial charge on any atom is -0.377 e. The van der Waals surface area contributed by atoms with Gasteiger partial charge in [0, 0.05) is 19.7 Å². The van der Waals surface area contributed by atoms with E-state index in [1.165, 1.54) is 0 Å². The molecule has 0 aliphatic carbocycles. The third-order valence-corrected chi connectivity index (χ3v) is 5.28. The van der Waals surface area contributed by atoms with E-state index in [1.807, 2.05) is 19.9 Å². The first-order valence-corrected chi connectivity index (χ1v) is 8.34. The van der Waals surface area contributed by atoms with Gasteiger partial charge in [0.15, 0.2) is 0 Å². The molecule has 1 fully saturated rings. The van der Waals surface area contributed by atoms with Crippen LogP contribution in [-0.2, 0) is 21.3 Å². The Morgan fingerprint density at radius 1 is 1.40 bits per heavy atom. The number of rotatable bonds is 5. The summed E-state index contributed by atoms with van der Waals surface area (Å²) in [6, 6.07) is 3.58. The van der Waals surface area contributed by atoms with Crippen LogP contribution in [0.4, 0.5) is 0 Å². The summed E-state index contributed by atoms with van der Waals surface area (Å²) in [5.41, 5.74) is 8.15. The number of ether oxygens (including phenoxy) is 1. The Hall–Kier alpha value is -0.950. The average Bonchev–Trinajstić information content (AvgIpc) is 2.92. The van der Waals surface area contributed by atoms with Gasteiger partial charge in [0.1, 0.15) is 0 Å². The van der Waals surface area contributed by atoms with Crippen molar-refractivity contribution in [1.29, 1.82) is 0 Å². The summed E-state index contributed by atoms with van der Waals surface area (Å²) in [4.78, 5) is 0.316. The lowest BCUT2D eigenvalue weighted by Crippen LogP contribution is -2.32. The standard InChI is InChI=1S/C14H22N2O3S/c1-10-6-12(8-15)7-14(11(10)2)20(17,18)16-9-13-4-3-5-19-13/h6-7,13,16H,3-5,8-9,15H2,1-2H3. The van der Waals surface area contributed by atoms with Crippen molar-refractivity contribution in [2.24, 2.45) is 5.73 Å². The van der Waals surface area contributed by atoms with Crippen LogP contribution in [0.2, 0.25) is 0 Å². The van der Waals surface area contributed by atoms with E-state index in [1.54, 1.807) is 6.07 Å². The minimum absolute atomic E-state index is 0.0103. The van der Waals surface area contributed by atoms with Crippen molar-refractivity contribution in [2.45, 2.75) is 44.2 Å². The van der Waals surface area contributed by atoms with E-state index in [9.17, 15) is 8.42 Å². The number of nitrogens with one attached hydrogen (secondary N) is 1.